The van der Waals surface area contributed by atoms with Crippen LogP contribution in [0.2, 0.25) is 0 Å². The zero-order chi connectivity index (χ0) is 14.1. The van der Waals surface area contributed by atoms with Gasteiger partial charge in [-0.3, -0.25) is 0 Å². The SMILES string of the molecule is CS(=O)(=O)/C=C/CCNC(=O)OCc1ccccc1. The second kappa shape index (κ2) is 7.58. The van der Waals surface area contributed by atoms with Gasteiger partial charge in [-0.2, -0.15) is 0 Å². The molecule has 0 fully saturated rings. The summed E-state index contributed by atoms with van der Waals surface area (Å²) in [6.45, 7) is 0.547. The van der Waals surface area contributed by atoms with Crippen molar-refractivity contribution >= 4 is 15.9 Å². The number of sulfone groups is 1. The van der Waals surface area contributed by atoms with E-state index in [4.69, 9.17) is 4.74 Å². The molecule has 1 rings (SSSR count). The Balaban J connectivity index is 2.17. The topological polar surface area (TPSA) is 72.5 Å². The molecule has 0 spiro atoms. The summed E-state index contributed by atoms with van der Waals surface area (Å²) >= 11 is 0. The van der Waals surface area contributed by atoms with E-state index in [2.05, 4.69) is 5.32 Å². The van der Waals surface area contributed by atoms with Crippen LogP contribution in [0.15, 0.2) is 41.8 Å². The van der Waals surface area contributed by atoms with Gasteiger partial charge in [-0.25, -0.2) is 13.2 Å². The molecular formula is C13H17NO4S. The molecule has 5 nitrogen and oxygen atoms in total. The van der Waals surface area contributed by atoms with Crippen molar-refractivity contribution in [1.29, 1.82) is 0 Å². The standard InChI is InChI=1S/C13H17NO4S/c1-19(16,17)10-6-5-9-14-13(15)18-11-12-7-3-2-4-8-12/h2-4,6-8,10H,5,9,11H2,1H3,(H,14,15)/b10-6+. The molecule has 0 aliphatic heterocycles. The molecule has 0 bridgehead atoms. The Morgan fingerprint density at radius 2 is 2.00 bits per heavy atom. The van der Waals surface area contributed by atoms with Gasteiger partial charge in [0.15, 0.2) is 9.84 Å². The molecule has 104 valence electrons. The molecular weight excluding hydrogens is 266 g/mol. The molecule has 6 heteroatoms. The van der Waals surface area contributed by atoms with E-state index in [9.17, 15) is 13.2 Å². The van der Waals surface area contributed by atoms with Crippen LogP contribution in [0.4, 0.5) is 4.79 Å². The Morgan fingerprint density at radius 1 is 1.32 bits per heavy atom. The van der Waals surface area contributed by atoms with E-state index in [-0.39, 0.29) is 6.61 Å². The third kappa shape index (κ3) is 7.99. The highest BCUT2D eigenvalue weighted by Gasteiger charge is 2.00. The number of alkyl carbamates (subject to hydrolysis) is 1. The van der Waals surface area contributed by atoms with Gasteiger partial charge in [-0.05, 0) is 12.0 Å². The summed E-state index contributed by atoms with van der Waals surface area (Å²) in [5.74, 6) is 0. The summed E-state index contributed by atoms with van der Waals surface area (Å²) in [6, 6.07) is 9.35. The smallest absolute Gasteiger partial charge is 0.407 e. The maximum atomic E-state index is 11.3. The second-order valence-corrected chi connectivity index (χ2v) is 5.91. The van der Waals surface area contributed by atoms with E-state index in [1.165, 1.54) is 6.08 Å². The third-order valence-corrected chi connectivity index (χ3v) is 2.82. The maximum absolute atomic E-state index is 11.3. The summed E-state index contributed by atoms with van der Waals surface area (Å²) in [5.41, 5.74) is 0.912. The van der Waals surface area contributed by atoms with E-state index in [0.29, 0.717) is 13.0 Å². The lowest BCUT2D eigenvalue weighted by atomic mass is 10.2. The summed E-state index contributed by atoms with van der Waals surface area (Å²) in [6.07, 6.45) is 2.53. The van der Waals surface area contributed by atoms with Gasteiger partial charge in [0.1, 0.15) is 6.61 Å². The summed E-state index contributed by atoms with van der Waals surface area (Å²) in [5, 5.41) is 3.65. The van der Waals surface area contributed by atoms with Crippen LogP contribution in [-0.4, -0.2) is 27.3 Å². The average Bonchev–Trinajstić information content (AvgIpc) is 2.36. The first-order chi connectivity index (χ1) is 8.97. The van der Waals surface area contributed by atoms with Crippen molar-refractivity contribution in [3.63, 3.8) is 0 Å². The van der Waals surface area contributed by atoms with Crippen LogP contribution < -0.4 is 5.32 Å². The Labute approximate surface area is 113 Å². The molecule has 0 saturated carbocycles. The first-order valence-corrected chi connectivity index (χ1v) is 7.74. The third-order valence-electron chi connectivity index (χ3n) is 2.14. The highest BCUT2D eigenvalue weighted by Crippen LogP contribution is 2.00. The number of amides is 1. The number of carbonyl (C=O) groups excluding carboxylic acids is 1. The van der Waals surface area contributed by atoms with Gasteiger partial charge >= 0.3 is 6.09 Å². The minimum absolute atomic E-state index is 0.214. The normalized spacial score (nSPS) is 11.4. The van der Waals surface area contributed by atoms with Crippen LogP contribution >= 0.6 is 0 Å². The van der Waals surface area contributed by atoms with Gasteiger partial charge < -0.3 is 10.1 Å². The zero-order valence-electron chi connectivity index (χ0n) is 10.7. The minimum atomic E-state index is -3.10. The Morgan fingerprint density at radius 3 is 2.63 bits per heavy atom. The van der Waals surface area contributed by atoms with Crippen LogP contribution in [0.3, 0.4) is 0 Å². The first kappa shape index (κ1) is 15.2. The Kier molecular flexibility index (Phi) is 6.08. The monoisotopic (exact) mass is 283 g/mol. The number of benzene rings is 1. The van der Waals surface area contributed by atoms with Gasteiger partial charge in [0.25, 0.3) is 0 Å². The lowest BCUT2D eigenvalue weighted by molar-refractivity contribution is 0.140. The van der Waals surface area contributed by atoms with Gasteiger partial charge in [0.05, 0.1) is 0 Å². The predicted molar refractivity (Wildman–Crippen MR) is 73.2 cm³/mol. The summed E-state index contributed by atoms with van der Waals surface area (Å²) in [7, 11) is -3.10. The fourth-order valence-corrected chi connectivity index (χ4v) is 1.76. The molecule has 1 amide bonds. The van der Waals surface area contributed by atoms with Crippen LogP contribution in [0.25, 0.3) is 0 Å². The van der Waals surface area contributed by atoms with Gasteiger partial charge in [0, 0.05) is 18.2 Å². The molecule has 0 unspecified atom stereocenters. The number of hydrogen-bond donors (Lipinski definition) is 1. The number of rotatable bonds is 6. The van der Waals surface area contributed by atoms with Crippen LogP contribution in [0.1, 0.15) is 12.0 Å². The first-order valence-electron chi connectivity index (χ1n) is 5.78. The van der Waals surface area contributed by atoms with Crippen LogP contribution in [-0.2, 0) is 21.2 Å². The molecule has 0 aliphatic carbocycles. The van der Waals surface area contributed by atoms with Gasteiger partial charge in [-0.15, -0.1) is 0 Å². The van der Waals surface area contributed by atoms with Crippen molar-refractivity contribution in [2.45, 2.75) is 13.0 Å². The van der Waals surface area contributed by atoms with Crippen LogP contribution in [0, 0.1) is 0 Å². The molecule has 0 heterocycles. The predicted octanol–water partition coefficient (Wildman–Crippen LogP) is 1.86. The molecule has 1 N–H and O–H groups in total. The van der Waals surface area contributed by atoms with Crippen molar-refractivity contribution in [2.24, 2.45) is 0 Å². The molecule has 0 saturated heterocycles. The van der Waals surface area contributed by atoms with Crippen LogP contribution in [0.5, 0.6) is 0 Å². The number of carbonyl (C=O) groups is 1. The molecule has 0 atom stereocenters. The molecule has 19 heavy (non-hydrogen) atoms. The van der Waals surface area contributed by atoms with Crippen molar-refractivity contribution < 1.29 is 17.9 Å². The van der Waals surface area contributed by atoms with Crippen molar-refractivity contribution in [3.05, 3.63) is 47.4 Å². The molecule has 0 aliphatic rings. The van der Waals surface area contributed by atoms with Crippen molar-refractivity contribution in [3.8, 4) is 0 Å². The summed E-state index contributed by atoms with van der Waals surface area (Å²) < 4.78 is 26.6. The summed E-state index contributed by atoms with van der Waals surface area (Å²) in [4.78, 5) is 11.3. The molecule has 1 aromatic rings. The fraction of sp³-hybridized carbons (Fsp3) is 0.308. The highest BCUT2D eigenvalue weighted by molar-refractivity contribution is 7.93. The maximum Gasteiger partial charge on any atom is 0.407 e. The van der Waals surface area contributed by atoms with E-state index in [0.717, 1.165) is 17.2 Å². The minimum Gasteiger partial charge on any atom is -0.445 e. The molecule has 0 aromatic heterocycles. The number of ether oxygens (including phenoxy) is 1. The van der Waals surface area contributed by atoms with Crippen molar-refractivity contribution in [1.82, 2.24) is 5.32 Å². The second-order valence-electron chi connectivity index (χ2n) is 3.98. The highest BCUT2D eigenvalue weighted by atomic mass is 32.2. The molecule has 0 radical (unpaired) electrons. The van der Waals surface area contributed by atoms with E-state index < -0.39 is 15.9 Å². The Hall–Kier alpha value is -1.82. The lowest BCUT2D eigenvalue weighted by Gasteiger charge is -2.05. The average molecular weight is 283 g/mol. The number of nitrogens with one attached hydrogen (secondary N) is 1. The van der Waals surface area contributed by atoms with E-state index in [1.807, 2.05) is 30.3 Å². The molecule has 1 aromatic carbocycles. The van der Waals surface area contributed by atoms with E-state index >= 15 is 0 Å². The quantitative estimate of drug-likeness (QED) is 0.809. The largest absolute Gasteiger partial charge is 0.445 e. The van der Waals surface area contributed by atoms with Gasteiger partial charge in [-0.1, -0.05) is 36.4 Å². The van der Waals surface area contributed by atoms with Crippen molar-refractivity contribution in [2.75, 3.05) is 12.8 Å². The fourth-order valence-electron chi connectivity index (χ4n) is 1.27. The number of hydrogen-bond acceptors (Lipinski definition) is 4. The zero-order valence-corrected chi connectivity index (χ0v) is 11.5. The van der Waals surface area contributed by atoms with Gasteiger partial charge in [0.2, 0.25) is 0 Å². The lowest BCUT2D eigenvalue weighted by Crippen LogP contribution is -2.24. The van der Waals surface area contributed by atoms with E-state index in [1.54, 1.807) is 0 Å². The Bertz CT molecular complexity index is 523.